The van der Waals surface area contributed by atoms with Crippen LogP contribution in [0.15, 0.2) is 0 Å². The number of hydrogen-bond acceptors (Lipinski definition) is 1. The summed E-state index contributed by atoms with van der Waals surface area (Å²) >= 11 is 0. The van der Waals surface area contributed by atoms with E-state index in [0.29, 0.717) is 5.41 Å². The topological polar surface area (TPSA) is 12.0 Å². The number of fused-ring (bicyclic) bond motifs is 2. The Kier molecular flexibility index (Phi) is 1.10. The molecule has 1 saturated heterocycles. The molecule has 0 aromatic heterocycles. The van der Waals surface area contributed by atoms with Crippen molar-refractivity contribution in [1.82, 2.24) is 5.32 Å². The summed E-state index contributed by atoms with van der Waals surface area (Å²) in [6.07, 6.45) is 4.42. The van der Waals surface area contributed by atoms with Crippen molar-refractivity contribution in [2.45, 2.75) is 26.2 Å². The summed E-state index contributed by atoms with van der Waals surface area (Å²) in [5, 5.41) is 3.49. The zero-order chi connectivity index (χ0) is 6.32. The van der Waals surface area contributed by atoms with Crippen LogP contribution in [0, 0.1) is 11.3 Å². The second-order valence-electron chi connectivity index (χ2n) is 4.05. The summed E-state index contributed by atoms with van der Waals surface area (Å²) in [6.45, 7) is 4.97. The third kappa shape index (κ3) is 0.877. The summed E-state index contributed by atoms with van der Waals surface area (Å²) in [4.78, 5) is 0. The molecule has 1 saturated carbocycles. The van der Waals surface area contributed by atoms with Gasteiger partial charge in [0.2, 0.25) is 0 Å². The van der Waals surface area contributed by atoms with Gasteiger partial charge in [-0.1, -0.05) is 6.92 Å². The predicted octanol–water partition coefficient (Wildman–Crippen LogP) is 1.40. The van der Waals surface area contributed by atoms with E-state index in [0.717, 1.165) is 5.92 Å². The summed E-state index contributed by atoms with van der Waals surface area (Å²) in [7, 11) is 0. The molecule has 1 aliphatic carbocycles. The zero-order valence-corrected chi connectivity index (χ0v) is 6.11. The molecule has 2 atom stereocenters. The fraction of sp³-hybridized carbons (Fsp3) is 1.00. The first-order valence-corrected chi connectivity index (χ1v) is 3.99. The van der Waals surface area contributed by atoms with Gasteiger partial charge in [-0.25, -0.2) is 0 Å². The highest BCUT2D eigenvalue weighted by molar-refractivity contribution is 4.92. The average Bonchev–Trinajstić information content (AvgIpc) is 2.07. The van der Waals surface area contributed by atoms with Crippen molar-refractivity contribution in [2.24, 2.45) is 11.3 Å². The van der Waals surface area contributed by atoms with Crippen LogP contribution in [0.3, 0.4) is 0 Å². The van der Waals surface area contributed by atoms with Gasteiger partial charge in [-0.3, -0.25) is 0 Å². The molecule has 2 unspecified atom stereocenters. The minimum Gasteiger partial charge on any atom is -0.316 e. The summed E-state index contributed by atoms with van der Waals surface area (Å²) in [5.74, 6) is 1.02. The van der Waals surface area contributed by atoms with Gasteiger partial charge < -0.3 is 5.32 Å². The lowest BCUT2D eigenvalue weighted by Crippen LogP contribution is -2.36. The van der Waals surface area contributed by atoms with Gasteiger partial charge in [0.05, 0.1) is 0 Å². The number of piperidine rings is 1. The van der Waals surface area contributed by atoms with E-state index in [1.54, 1.807) is 0 Å². The van der Waals surface area contributed by atoms with Gasteiger partial charge in [0.1, 0.15) is 0 Å². The molecule has 1 aliphatic heterocycles. The first kappa shape index (κ1) is 5.72. The molecular weight excluding hydrogens is 110 g/mol. The van der Waals surface area contributed by atoms with E-state index < -0.39 is 0 Å². The Morgan fingerprint density at radius 3 is 3.11 bits per heavy atom. The van der Waals surface area contributed by atoms with Crippen LogP contribution < -0.4 is 5.32 Å². The maximum atomic E-state index is 3.49. The molecule has 52 valence electrons. The van der Waals surface area contributed by atoms with Crippen LogP contribution in [-0.4, -0.2) is 13.1 Å². The fourth-order valence-electron chi connectivity index (χ4n) is 2.37. The Hall–Kier alpha value is -0.0400. The third-order valence-corrected chi connectivity index (χ3v) is 2.92. The van der Waals surface area contributed by atoms with E-state index in [1.165, 1.54) is 32.4 Å². The van der Waals surface area contributed by atoms with E-state index >= 15 is 0 Å². The van der Waals surface area contributed by atoms with Crippen LogP contribution in [0.2, 0.25) is 0 Å². The number of nitrogens with one attached hydrogen (secondary N) is 1. The minimum absolute atomic E-state index is 0.683. The standard InChI is InChI=1S/C8H15N/c1-8-3-2-7(4-8)5-9-6-8/h7,9H,2-6H2,1H3. The molecule has 1 heteroatoms. The van der Waals surface area contributed by atoms with Crippen molar-refractivity contribution in [3.05, 3.63) is 0 Å². The van der Waals surface area contributed by atoms with Gasteiger partial charge >= 0.3 is 0 Å². The molecule has 1 heterocycles. The largest absolute Gasteiger partial charge is 0.316 e. The van der Waals surface area contributed by atoms with Crippen molar-refractivity contribution in [3.8, 4) is 0 Å². The minimum atomic E-state index is 0.683. The highest BCUT2D eigenvalue weighted by Crippen LogP contribution is 2.42. The van der Waals surface area contributed by atoms with Crippen LogP contribution in [0.1, 0.15) is 26.2 Å². The lowest BCUT2D eigenvalue weighted by Gasteiger charge is -2.29. The van der Waals surface area contributed by atoms with Crippen LogP contribution >= 0.6 is 0 Å². The molecule has 2 bridgehead atoms. The quantitative estimate of drug-likeness (QED) is 0.516. The molecule has 0 spiro atoms. The summed E-state index contributed by atoms with van der Waals surface area (Å²) in [6, 6.07) is 0. The molecule has 0 amide bonds. The van der Waals surface area contributed by atoms with Gasteiger partial charge in [0.15, 0.2) is 0 Å². The molecule has 2 fully saturated rings. The number of rotatable bonds is 0. The molecule has 0 aromatic carbocycles. The summed E-state index contributed by atoms with van der Waals surface area (Å²) in [5.41, 5.74) is 0.683. The molecule has 1 N–H and O–H groups in total. The second-order valence-corrected chi connectivity index (χ2v) is 4.05. The van der Waals surface area contributed by atoms with Crippen LogP contribution in [0.25, 0.3) is 0 Å². The Balaban J connectivity index is 2.13. The third-order valence-electron chi connectivity index (χ3n) is 2.92. The first-order valence-electron chi connectivity index (χ1n) is 3.99. The lowest BCUT2D eigenvalue weighted by atomic mass is 9.85. The maximum Gasteiger partial charge on any atom is 0.000539 e. The SMILES string of the molecule is CC12CCC(CNC1)C2. The van der Waals surface area contributed by atoms with Crippen molar-refractivity contribution in [1.29, 1.82) is 0 Å². The molecule has 9 heavy (non-hydrogen) atoms. The molecule has 0 radical (unpaired) electrons. The lowest BCUT2D eigenvalue weighted by molar-refractivity contribution is 0.258. The Labute approximate surface area is 56.8 Å². The molecule has 2 aliphatic rings. The van der Waals surface area contributed by atoms with Crippen molar-refractivity contribution < 1.29 is 0 Å². The molecule has 1 nitrogen and oxygen atoms in total. The van der Waals surface area contributed by atoms with Crippen molar-refractivity contribution >= 4 is 0 Å². The van der Waals surface area contributed by atoms with Gasteiger partial charge in [-0.2, -0.15) is 0 Å². The van der Waals surface area contributed by atoms with E-state index in [9.17, 15) is 0 Å². The van der Waals surface area contributed by atoms with Gasteiger partial charge in [-0.15, -0.1) is 0 Å². The Bertz CT molecular complexity index is 118. The first-order chi connectivity index (χ1) is 4.29. The highest BCUT2D eigenvalue weighted by Gasteiger charge is 2.37. The highest BCUT2D eigenvalue weighted by atomic mass is 14.9. The van der Waals surface area contributed by atoms with Crippen molar-refractivity contribution in [2.75, 3.05) is 13.1 Å². The van der Waals surface area contributed by atoms with E-state index in [2.05, 4.69) is 12.2 Å². The second kappa shape index (κ2) is 1.72. The molecule has 0 aromatic rings. The Morgan fingerprint density at radius 2 is 2.44 bits per heavy atom. The smallest absolute Gasteiger partial charge is 0.000539 e. The van der Waals surface area contributed by atoms with Crippen LogP contribution in [0.4, 0.5) is 0 Å². The van der Waals surface area contributed by atoms with E-state index in [-0.39, 0.29) is 0 Å². The monoisotopic (exact) mass is 125 g/mol. The van der Waals surface area contributed by atoms with Gasteiger partial charge in [0.25, 0.3) is 0 Å². The van der Waals surface area contributed by atoms with Crippen LogP contribution in [0.5, 0.6) is 0 Å². The number of hydrogen-bond donors (Lipinski definition) is 1. The average molecular weight is 125 g/mol. The molecular formula is C8H15N. The fourth-order valence-corrected chi connectivity index (χ4v) is 2.37. The van der Waals surface area contributed by atoms with E-state index in [1.807, 2.05) is 0 Å². The van der Waals surface area contributed by atoms with Crippen LogP contribution in [-0.2, 0) is 0 Å². The summed E-state index contributed by atoms with van der Waals surface area (Å²) < 4.78 is 0. The van der Waals surface area contributed by atoms with Crippen molar-refractivity contribution in [3.63, 3.8) is 0 Å². The normalized spacial score (nSPS) is 49.7. The zero-order valence-electron chi connectivity index (χ0n) is 6.11. The van der Waals surface area contributed by atoms with E-state index in [4.69, 9.17) is 0 Å². The maximum absolute atomic E-state index is 3.49. The predicted molar refractivity (Wildman–Crippen MR) is 38.3 cm³/mol. The Morgan fingerprint density at radius 1 is 1.56 bits per heavy atom. The van der Waals surface area contributed by atoms with Gasteiger partial charge in [-0.05, 0) is 37.1 Å². The van der Waals surface area contributed by atoms with Gasteiger partial charge in [0, 0.05) is 6.54 Å². The molecule has 2 rings (SSSR count).